The van der Waals surface area contributed by atoms with Crippen LogP contribution in [-0.4, -0.2) is 11.5 Å². The molecular formula is C14H14F2N2O3. The second-order valence-corrected chi connectivity index (χ2v) is 4.49. The molecule has 2 rings (SSSR count). The molecule has 0 spiro atoms. The summed E-state index contributed by atoms with van der Waals surface area (Å²) in [5.41, 5.74) is 0.0488. The lowest BCUT2D eigenvalue weighted by Gasteiger charge is -2.17. The molecule has 1 N–H and O–H groups in total. The third-order valence-corrected chi connectivity index (χ3v) is 2.94. The molecule has 2 aromatic rings. The molecule has 112 valence electrons. The monoisotopic (exact) mass is 296 g/mol. The van der Waals surface area contributed by atoms with Crippen LogP contribution < -0.4 is 5.32 Å². The van der Waals surface area contributed by atoms with Crippen molar-refractivity contribution in [2.24, 2.45) is 0 Å². The van der Waals surface area contributed by atoms with Gasteiger partial charge in [-0.3, -0.25) is 10.1 Å². The standard InChI is InChI=1S/C14H14F2N2O3/c1-2-7-17-14(10-8-9(15)3-4-11(10)16)12-5-6-13(21-12)18(19)20/h3-6,8,14,17H,2,7H2,1H3. The van der Waals surface area contributed by atoms with E-state index in [9.17, 15) is 18.9 Å². The van der Waals surface area contributed by atoms with Gasteiger partial charge in [-0.1, -0.05) is 6.92 Å². The lowest BCUT2D eigenvalue weighted by molar-refractivity contribution is -0.402. The van der Waals surface area contributed by atoms with Gasteiger partial charge in [0.25, 0.3) is 0 Å². The maximum absolute atomic E-state index is 13.9. The Bertz CT molecular complexity index is 643. The van der Waals surface area contributed by atoms with Crippen molar-refractivity contribution in [3.63, 3.8) is 0 Å². The molecule has 0 saturated heterocycles. The first-order valence-electron chi connectivity index (χ1n) is 6.45. The van der Waals surface area contributed by atoms with E-state index in [1.165, 1.54) is 12.1 Å². The van der Waals surface area contributed by atoms with Gasteiger partial charge in [0.15, 0.2) is 0 Å². The summed E-state index contributed by atoms with van der Waals surface area (Å²) in [6.45, 7) is 2.44. The van der Waals surface area contributed by atoms with E-state index in [4.69, 9.17) is 4.42 Å². The number of hydrogen-bond donors (Lipinski definition) is 1. The minimum atomic E-state index is -0.783. The van der Waals surface area contributed by atoms with Gasteiger partial charge in [-0.15, -0.1) is 0 Å². The van der Waals surface area contributed by atoms with Gasteiger partial charge in [0.1, 0.15) is 22.3 Å². The van der Waals surface area contributed by atoms with Crippen LogP contribution in [-0.2, 0) is 0 Å². The zero-order valence-corrected chi connectivity index (χ0v) is 11.3. The second kappa shape index (κ2) is 6.45. The smallest absolute Gasteiger partial charge is 0.404 e. The molecule has 1 unspecified atom stereocenters. The molecular weight excluding hydrogens is 282 g/mol. The van der Waals surface area contributed by atoms with E-state index < -0.39 is 28.5 Å². The fraction of sp³-hybridized carbons (Fsp3) is 0.286. The minimum absolute atomic E-state index is 0.0488. The first-order chi connectivity index (χ1) is 10.0. The van der Waals surface area contributed by atoms with E-state index in [1.807, 2.05) is 6.92 Å². The Morgan fingerprint density at radius 3 is 2.71 bits per heavy atom. The van der Waals surface area contributed by atoms with Crippen molar-refractivity contribution in [3.05, 3.63) is 63.4 Å². The lowest BCUT2D eigenvalue weighted by Crippen LogP contribution is -2.23. The Kier molecular flexibility index (Phi) is 4.64. The molecule has 7 heteroatoms. The van der Waals surface area contributed by atoms with Crippen molar-refractivity contribution < 1.29 is 18.1 Å². The average molecular weight is 296 g/mol. The number of benzene rings is 1. The summed E-state index contributed by atoms with van der Waals surface area (Å²) in [5.74, 6) is -1.47. The third-order valence-electron chi connectivity index (χ3n) is 2.94. The van der Waals surface area contributed by atoms with Crippen LogP contribution in [0.15, 0.2) is 34.7 Å². The number of nitrogens with zero attached hydrogens (tertiary/aromatic N) is 1. The summed E-state index contributed by atoms with van der Waals surface area (Å²) in [4.78, 5) is 9.99. The molecule has 0 amide bonds. The Labute approximate surface area is 119 Å². The number of hydrogen-bond acceptors (Lipinski definition) is 4. The highest BCUT2D eigenvalue weighted by molar-refractivity contribution is 5.31. The molecule has 5 nitrogen and oxygen atoms in total. The molecule has 1 aromatic heterocycles. The Morgan fingerprint density at radius 1 is 1.33 bits per heavy atom. The van der Waals surface area contributed by atoms with Gasteiger partial charge >= 0.3 is 5.88 Å². The Balaban J connectivity index is 2.41. The summed E-state index contributed by atoms with van der Waals surface area (Å²) < 4.78 is 32.4. The van der Waals surface area contributed by atoms with Crippen molar-refractivity contribution in [1.29, 1.82) is 0 Å². The predicted molar refractivity (Wildman–Crippen MR) is 71.9 cm³/mol. The van der Waals surface area contributed by atoms with E-state index in [0.29, 0.717) is 6.54 Å². The predicted octanol–water partition coefficient (Wildman–Crippen LogP) is 3.56. The summed E-state index contributed by atoms with van der Waals surface area (Å²) in [6.07, 6.45) is 0.760. The first kappa shape index (κ1) is 15.1. The number of rotatable bonds is 6. The molecule has 0 saturated carbocycles. The van der Waals surface area contributed by atoms with Crippen molar-refractivity contribution >= 4 is 5.88 Å². The minimum Gasteiger partial charge on any atom is -0.404 e. The lowest BCUT2D eigenvalue weighted by atomic mass is 10.0. The van der Waals surface area contributed by atoms with Crippen molar-refractivity contribution in [2.45, 2.75) is 19.4 Å². The third kappa shape index (κ3) is 3.43. The van der Waals surface area contributed by atoms with Crippen molar-refractivity contribution in [1.82, 2.24) is 5.32 Å². The molecule has 21 heavy (non-hydrogen) atoms. The highest BCUT2D eigenvalue weighted by Crippen LogP contribution is 2.29. The van der Waals surface area contributed by atoms with Crippen LogP contribution in [0, 0.1) is 21.7 Å². The summed E-state index contributed by atoms with van der Waals surface area (Å²) >= 11 is 0. The quantitative estimate of drug-likeness (QED) is 0.653. The average Bonchev–Trinajstić information content (AvgIpc) is 2.93. The second-order valence-electron chi connectivity index (χ2n) is 4.49. The van der Waals surface area contributed by atoms with E-state index in [0.717, 1.165) is 24.6 Å². The molecule has 1 aromatic carbocycles. The summed E-state index contributed by atoms with van der Waals surface area (Å²) in [6, 6.07) is 4.87. The number of furan rings is 1. The Morgan fingerprint density at radius 2 is 2.10 bits per heavy atom. The molecule has 0 radical (unpaired) electrons. The van der Waals surface area contributed by atoms with Gasteiger partial charge in [-0.05, 0) is 37.2 Å². The topological polar surface area (TPSA) is 68.3 Å². The van der Waals surface area contributed by atoms with Gasteiger partial charge in [-0.25, -0.2) is 8.78 Å². The van der Waals surface area contributed by atoms with Crippen LogP contribution in [0.2, 0.25) is 0 Å². The summed E-state index contributed by atoms with van der Waals surface area (Å²) in [7, 11) is 0. The van der Waals surface area contributed by atoms with E-state index >= 15 is 0 Å². The van der Waals surface area contributed by atoms with Crippen LogP contribution >= 0.6 is 0 Å². The highest BCUT2D eigenvalue weighted by Gasteiger charge is 2.23. The zero-order valence-electron chi connectivity index (χ0n) is 11.3. The summed E-state index contributed by atoms with van der Waals surface area (Å²) in [5, 5.41) is 13.7. The van der Waals surface area contributed by atoms with Gasteiger partial charge in [0.2, 0.25) is 0 Å². The van der Waals surface area contributed by atoms with Gasteiger partial charge in [0.05, 0.1) is 12.1 Å². The molecule has 0 aliphatic heterocycles. The largest absolute Gasteiger partial charge is 0.433 e. The molecule has 1 atom stereocenters. The van der Waals surface area contributed by atoms with Gasteiger partial charge in [-0.2, -0.15) is 0 Å². The van der Waals surface area contributed by atoms with Crippen molar-refractivity contribution in [3.8, 4) is 0 Å². The maximum Gasteiger partial charge on any atom is 0.433 e. The first-order valence-corrected chi connectivity index (χ1v) is 6.45. The molecule has 0 fully saturated rings. The molecule has 0 aliphatic rings. The van der Waals surface area contributed by atoms with E-state index in [2.05, 4.69) is 5.32 Å². The van der Waals surface area contributed by atoms with Crippen LogP contribution in [0.4, 0.5) is 14.7 Å². The Hall–Kier alpha value is -2.28. The zero-order chi connectivity index (χ0) is 15.4. The SMILES string of the molecule is CCCNC(c1ccc([N+](=O)[O-])o1)c1cc(F)ccc1F. The molecule has 0 aliphatic carbocycles. The normalized spacial score (nSPS) is 12.3. The fourth-order valence-electron chi connectivity index (χ4n) is 1.98. The fourth-order valence-corrected chi connectivity index (χ4v) is 1.98. The van der Waals surface area contributed by atoms with Crippen LogP contribution in [0.5, 0.6) is 0 Å². The molecule has 0 bridgehead atoms. The van der Waals surface area contributed by atoms with Crippen LogP contribution in [0.3, 0.4) is 0 Å². The number of nitro groups is 1. The van der Waals surface area contributed by atoms with Crippen molar-refractivity contribution in [2.75, 3.05) is 6.54 Å². The maximum atomic E-state index is 13.9. The molecule has 1 heterocycles. The highest BCUT2D eigenvalue weighted by atomic mass is 19.1. The van der Waals surface area contributed by atoms with E-state index in [-0.39, 0.29) is 11.3 Å². The van der Waals surface area contributed by atoms with Gasteiger partial charge in [0, 0.05) is 5.56 Å². The van der Waals surface area contributed by atoms with E-state index in [1.54, 1.807) is 0 Å². The van der Waals surface area contributed by atoms with Crippen LogP contribution in [0.25, 0.3) is 0 Å². The number of halogens is 2. The number of nitrogens with one attached hydrogen (secondary N) is 1. The van der Waals surface area contributed by atoms with Crippen LogP contribution in [0.1, 0.15) is 30.7 Å². The van der Waals surface area contributed by atoms with Gasteiger partial charge < -0.3 is 9.73 Å².